The molecule has 0 saturated heterocycles. The fraction of sp³-hybridized carbons (Fsp3) is 0.885. The Morgan fingerprint density at radius 3 is 2.48 bits per heavy atom. The molecular weight excluding hydrogens is 328 g/mol. The molecule has 0 spiro atoms. The summed E-state index contributed by atoms with van der Waals surface area (Å²) in [5.74, 6) is 5.01. The van der Waals surface area contributed by atoms with Crippen LogP contribution in [0, 0.1) is 46.3 Å². The van der Waals surface area contributed by atoms with E-state index >= 15 is 0 Å². The molecule has 0 unspecified atom stereocenters. The Bertz CT molecular complexity index is 561. The highest BCUT2D eigenvalue weighted by Gasteiger charge is 2.58. The minimum atomic E-state index is -0.101. The van der Waals surface area contributed by atoms with Crippen LogP contribution in [0.1, 0.15) is 99.3 Å². The van der Waals surface area contributed by atoms with E-state index in [0.29, 0.717) is 23.0 Å². The summed E-state index contributed by atoms with van der Waals surface area (Å²) in [7, 11) is 0. The fourth-order valence-corrected chi connectivity index (χ4v) is 7.63. The zero-order valence-electron chi connectivity index (χ0n) is 18.9. The third-order valence-electron chi connectivity index (χ3n) is 9.15. The van der Waals surface area contributed by atoms with Gasteiger partial charge in [0.15, 0.2) is 5.78 Å². The second kappa shape index (κ2) is 8.03. The molecule has 2 fully saturated rings. The van der Waals surface area contributed by atoms with Crippen LogP contribution in [0.5, 0.6) is 0 Å². The van der Waals surface area contributed by atoms with Crippen LogP contribution in [0.4, 0.5) is 0 Å². The van der Waals surface area contributed by atoms with Crippen molar-refractivity contribution >= 4 is 5.78 Å². The van der Waals surface area contributed by atoms with Crippen molar-refractivity contribution in [2.24, 2.45) is 46.3 Å². The van der Waals surface area contributed by atoms with Crippen molar-refractivity contribution in [3.05, 3.63) is 12.2 Å². The number of ketones is 1. The molecule has 154 valence electrons. The van der Waals surface area contributed by atoms with Crippen molar-refractivity contribution in [3.8, 4) is 0 Å². The van der Waals surface area contributed by atoms with E-state index in [1.165, 1.54) is 44.9 Å². The van der Waals surface area contributed by atoms with E-state index in [1.54, 1.807) is 0 Å². The first-order valence-corrected chi connectivity index (χ1v) is 12.0. The van der Waals surface area contributed by atoms with Crippen LogP contribution in [-0.4, -0.2) is 5.78 Å². The predicted octanol–water partition coefficient (Wildman–Crippen LogP) is 7.45. The summed E-state index contributed by atoms with van der Waals surface area (Å²) in [6.07, 6.45) is 16.1. The molecule has 0 N–H and O–H groups in total. The lowest BCUT2D eigenvalue weighted by Gasteiger charge is -2.54. The smallest absolute Gasteiger partial charge is 0.161 e. The first-order chi connectivity index (χ1) is 12.7. The highest BCUT2D eigenvalue weighted by Crippen LogP contribution is 2.64. The molecule has 7 atom stereocenters. The molecule has 0 aromatic carbocycles. The SMILES string of the molecule is CCC[C@@]1(C)C(=O)C=C[C@H]2[C@@H]3CC[C@H]([C@H](C)CCCC(C)C)[C@@]3(C)CC[C@@H]21. The standard InChI is InChI=1S/C26H44O/c1-7-16-26(6)23-15-17-25(5)21(19(4)10-8-9-18(2)3)12-13-22(25)20(23)11-14-24(26)27/h11,14,18-23H,7-10,12-13,15-17H2,1-6H3/t19-,20+,21-,22+,23+,25-,26-/m1/s1. The van der Waals surface area contributed by atoms with Crippen LogP contribution >= 0.6 is 0 Å². The summed E-state index contributed by atoms with van der Waals surface area (Å²) < 4.78 is 0. The Morgan fingerprint density at radius 1 is 1.07 bits per heavy atom. The van der Waals surface area contributed by atoms with E-state index < -0.39 is 0 Å². The van der Waals surface area contributed by atoms with Gasteiger partial charge in [-0.3, -0.25) is 4.79 Å². The topological polar surface area (TPSA) is 17.1 Å². The lowest BCUT2D eigenvalue weighted by atomic mass is 9.49. The van der Waals surface area contributed by atoms with Crippen molar-refractivity contribution in [3.63, 3.8) is 0 Å². The summed E-state index contributed by atoms with van der Waals surface area (Å²) in [6.45, 7) is 14.4. The molecule has 0 aliphatic heterocycles. The van der Waals surface area contributed by atoms with Crippen LogP contribution in [0.2, 0.25) is 0 Å². The van der Waals surface area contributed by atoms with Crippen LogP contribution < -0.4 is 0 Å². The Morgan fingerprint density at radius 2 is 1.81 bits per heavy atom. The van der Waals surface area contributed by atoms with Gasteiger partial charge in [-0.1, -0.05) is 73.3 Å². The van der Waals surface area contributed by atoms with E-state index in [9.17, 15) is 4.79 Å². The van der Waals surface area contributed by atoms with E-state index in [4.69, 9.17) is 0 Å². The lowest BCUT2D eigenvalue weighted by molar-refractivity contribution is -0.133. The summed E-state index contributed by atoms with van der Waals surface area (Å²) in [5.41, 5.74) is 0.396. The van der Waals surface area contributed by atoms with Gasteiger partial charge in [-0.05, 0) is 79.1 Å². The normalized spacial score (nSPS) is 42.3. The Hall–Kier alpha value is -0.590. The third-order valence-corrected chi connectivity index (χ3v) is 9.15. The van der Waals surface area contributed by atoms with Crippen LogP contribution in [-0.2, 0) is 4.79 Å². The van der Waals surface area contributed by atoms with Gasteiger partial charge in [0.05, 0.1) is 0 Å². The van der Waals surface area contributed by atoms with Gasteiger partial charge < -0.3 is 0 Å². The second-order valence-corrected chi connectivity index (χ2v) is 11.2. The van der Waals surface area contributed by atoms with Gasteiger partial charge in [0.25, 0.3) is 0 Å². The van der Waals surface area contributed by atoms with E-state index in [-0.39, 0.29) is 5.41 Å². The van der Waals surface area contributed by atoms with Crippen molar-refractivity contribution in [1.82, 2.24) is 0 Å². The van der Waals surface area contributed by atoms with Gasteiger partial charge >= 0.3 is 0 Å². The molecule has 3 aliphatic carbocycles. The number of carbonyl (C=O) groups is 1. The number of carbonyl (C=O) groups excluding carboxylic acids is 1. The Balaban J connectivity index is 1.76. The molecule has 2 saturated carbocycles. The second-order valence-electron chi connectivity index (χ2n) is 11.2. The maximum absolute atomic E-state index is 12.8. The number of rotatable bonds is 7. The number of fused-ring (bicyclic) bond motifs is 3. The first-order valence-electron chi connectivity index (χ1n) is 12.0. The predicted molar refractivity (Wildman–Crippen MR) is 116 cm³/mol. The molecule has 0 amide bonds. The summed E-state index contributed by atoms with van der Waals surface area (Å²) >= 11 is 0. The minimum Gasteiger partial charge on any atom is -0.294 e. The largest absolute Gasteiger partial charge is 0.294 e. The molecule has 1 heteroatoms. The van der Waals surface area contributed by atoms with Crippen LogP contribution in [0.15, 0.2) is 12.2 Å². The van der Waals surface area contributed by atoms with E-state index in [0.717, 1.165) is 36.5 Å². The van der Waals surface area contributed by atoms with Crippen molar-refractivity contribution < 1.29 is 4.79 Å². The van der Waals surface area contributed by atoms with Crippen molar-refractivity contribution in [2.75, 3.05) is 0 Å². The molecule has 1 nitrogen and oxygen atoms in total. The first kappa shape index (κ1) is 21.1. The molecule has 0 radical (unpaired) electrons. The highest BCUT2D eigenvalue weighted by atomic mass is 16.1. The summed E-state index contributed by atoms with van der Waals surface area (Å²) in [4.78, 5) is 12.8. The number of allylic oxidation sites excluding steroid dienone is 2. The summed E-state index contributed by atoms with van der Waals surface area (Å²) in [6, 6.07) is 0. The zero-order valence-corrected chi connectivity index (χ0v) is 18.9. The third kappa shape index (κ3) is 3.69. The van der Waals surface area contributed by atoms with Gasteiger partial charge in [0, 0.05) is 5.41 Å². The number of hydrogen-bond donors (Lipinski definition) is 0. The molecule has 0 aromatic heterocycles. The highest BCUT2D eigenvalue weighted by molar-refractivity contribution is 5.95. The molecule has 0 bridgehead atoms. The number of hydrogen-bond acceptors (Lipinski definition) is 1. The average molecular weight is 373 g/mol. The minimum absolute atomic E-state index is 0.101. The fourth-order valence-electron chi connectivity index (χ4n) is 7.63. The molecule has 27 heavy (non-hydrogen) atoms. The van der Waals surface area contributed by atoms with Gasteiger partial charge in [-0.15, -0.1) is 0 Å². The maximum atomic E-state index is 12.8. The summed E-state index contributed by atoms with van der Waals surface area (Å²) in [5, 5.41) is 0. The molecule has 0 aromatic rings. The monoisotopic (exact) mass is 372 g/mol. The average Bonchev–Trinajstić information content (AvgIpc) is 2.95. The van der Waals surface area contributed by atoms with Gasteiger partial charge in [-0.2, -0.15) is 0 Å². The molecular formula is C26H44O. The van der Waals surface area contributed by atoms with Gasteiger partial charge in [0.2, 0.25) is 0 Å². The van der Waals surface area contributed by atoms with Crippen LogP contribution in [0.3, 0.4) is 0 Å². The van der Waals surface area contributed by atoms with E-state index in [1.807, 2.05) is 6.08 Å². The maximum Gasteiger partial charge on any atom is 0.161 e. The van der Waals surface area contributed by atoms with Crippen molar-refractivity contribution in [2.45, 2.75) is 99.3 Å². The molecule has 3 aliphatic rings. The van der Waals surface area contributed by atoms with Gasteiger partial charge in [-0.25, -0.2) is 0 Å². The quantitative estimate of drug-likeness (QED) is 0.453. The zero-order chi connectivity index (χ0) is 19.8. The molecule has 0 heterocycles. The van der Waals surface area contributed by atoms with Crippen LogP contribution in [0.25, 0.3) is 0 Å². The lowest BCUT2D eigenvalue weighted by Crippen LogP contribution is -2.50. The Labute approximate surface area is 168 Å². The van der Waals surface area contributed by atoms with Gasteiger partial charge in [0.1, 0.15) is 0 Å². The Kier molecular flexibility index (Phi) is 6.29. The van der Waals surface area contributed by atoms with Crippen molar-refractivity contribution in [1.29, 1.82) is 0 Å². The van der Waals surface area contributed by atoms with E-state index in [2.05, 4.69) is 47.6 Å². The molecule has 3 rings (SSSR count).